The molecule has 0 aliphatic carbocycles. The normalized spacial score (nSPS) is 14.1. The number of anilines is 1. The van der Waals surface area contributed by atoms with Crippen molar-refractivity contribution >= 4 is 11.6 Å². The zero-order valence-electron chi connectivity index (χ0n) is 12.9. The molecule has 1 aromatic rings. The molecular formula is C16H26N2O. The van der Waals surface area contributed by atoms with E-state index in [1.807, 2.05) is 45.0 Å². The average Bonchev–Trinajstić information content (AvgIpc) is 2.26. The lowest BCUT2D eigenvalue weighted by molar-refractivity contribution is -0.119. The molecule has 0 spiro atoms. The van der Waals surface area contributed by atoms with Crippen molar-refractivity contribution in [1.29, 1.82) is 0 Å². The molecule has 0 unspecified atom stereocenters. The van der Waals surface area contributed by atoms with Crippen LogP contribution in [0.4, 0.5) is 5.69 Å². The van der Waals surface area contributed by atoms with E-state index in [1.54, 1.807) is 0 Å². The molecule has 19 heavy (non-hydrogen) atoms. The molecule has 0 aromatic heterocycles. The number of para-hydroxylation sites is 1. The summed E-state index contributed by atoms with van der Waals surface area (Å²) >= 11 is 0. The van der Waals surface area contributed by atoms with E-state index in [2.05, 4.69) is 26.1 Å². The Bertz CT molecular complexity index is 453. The number of hydrogen-bond donors (Lipinski definition) is 2. The molecule has 3 nitrogen and oxygen atoms in total. The Morgan fingerprint density at radius 2 is 1.63 bits per heavy atom. The van der Waals surface area contributed by atoms with Gasteiger partial charge >= 0.3 is 0 Å². The summed E-state index contributed by atoms with van der Waals surface area (Å²) in [5.41, 5.74) is 7.68. The van der Waals surface area contributed by atoms with E-state index >= 15 is 0 Å². The van der Waals surface area contributed by atoms with Crippen LogP contribution in [0, 0.1) is 5.41 Å². The van der Waals surface area contributed by atoms with Crippen molar-refractivity contribution < 1.29 is 4.79 Å². The quantitative estimate of drug-likeness (QED) is 0.859. The predicted molar refractivity (Wildman–Crippen MR) is 81.2 cm³/mol. The molecule has 0 saturated carbocycles. The summed E-state index contributed by atoms with van der Waals surface area (Å²) in [4.78, 5) is 12.2. The summed E-state index contributed by atoms with van der Waals surface area (Å²) in [6.45, 7) is 12.3. The van der Waals surface area contributed by atoms with Crippen molar-refractivity contribution in [2.75, 3.05) is 5.32 Å². The molecule has 0 saturated heterocycles. The minimum Gasteiger partial charge on any atom is -0.324 e. The molecule has 1 aromatic carbocycles. The zero-order chi connectivity index (χ0) is 14.8. The summed E-state index contributed by atoms with van der Waals surface area (Å²) in [6.07, 6.45) is 0. The Kier molecular flexibility index (Phi) is 4.41. The van der Waals surface area contributed by atoms with Crippen molar-refractivity contribution in [3.05, 3.63) is 29.8 Å². The van der Waals surface area contributed by atoms with Gasteiger partial charge in [-0.05, 0) is 22.5 Å². The maximum atomic E-state index is 12.2. The highest BCUT2D eigenvalue weighted by atomic mass is 16.2. The van der Waals surface area contributed by atoms with E-state index in [4.69, 9.17) is 5.73 Å². The topological polar surface area (TPSA) is 55.1 Å². The second kappa shape index (κ2) is 5.33. The van der Waals surface area contributed by atoms with Gasteiger partial charge in [0.2, 0.25) is 5.91 Å². The van der Waals surface area contributed by atoms with Gasteiger partial charge < -0.3 is 11.1 Å². The van der Waals surface area contributed by atoms with Gasteiger partial charge in [0.1, 0.15) is 0 Å². The summed E-state index contributed by atoms with van der Waals surface area (Å²) in [5, 5.41) is 2.96. The number of nitrogens with one attached hydrogen (secondary N) is 1. The van der Waals surface area contributed by atoms with Crippen molar-refractivity contribution in [2.24, 2.45) is 11.1 Å². The van der Waals surface area contributed by atoms with Gasteiger partial charge in [-0.15, -0.1) is 0 Å². The third-order valence-corrected chi connectivity index (χ3v) is 3.21. The van der Waals surface area contributed by atoms with Crippen molar-refractivity contribution in [1.82, 2.24) is 0 Å². The highest BCUT2D eigenvalue weighted by molar-refractivity contribution is 5.96. The number of rotatable bonds is 2. The lowest BCUT2D eigenvalue weighted by Gasteiger charge is -2.28. The lowest BCUT2D eigenvalue weighted by Crippen LogP contribution is -2.45. The van der Waals surface area contributed by atoms with E-state index < -0.39 is 6.04 Å². The predicted octanol–water partition coefficient (Wildman–Crippen LogP) is 3.30. The number of benzene rings is 1. The first-order chi connectivity index (χ1) is 8.53. The number of carbonyl (C=O) groups is 1. The molecule has 0 radical (unpaired) electrons. The molecule has 1 rings (SSSR count). The molecule has 1 atom stereocenters. The molecule has 1 amide bonds. The second-order valence-corrected chi connectivity index (χ2v) is 7.13. The van der Waals surface area contributed by atoms with Crippen LogP contribution in [-0.2, 0) is 10.2 Å². The fourth-order valence-electron chi connectivity index (χ4n) is 1.85. The van der Waals surface area contributed by atoms with Gasteiger partial charge in [0.25, 0.3) is 0 Å². The van der Waals surface area contributed by atoms with Crippen LogP contribution in [0.2, 0.25) is 0 Å². The van der Waals surface area contributed by atoms with Gasteiger partial charge in [0.15, 0.2) is 0 Å². The monoisotopic (exact) mass is 262 g/mol. The van der Waals surface area contributed by atoms with Crippen LogP contribution in [0.1, 0.15) is 47.1 Å². The Morgan fingerprint density at radius 1 is 1.11 bits per heavy atom. The maximum Gasteiger partial charge on any atom is 0.241 e. The maximum absolute atomic E-state index is 12.2. The van der Waals surface area contributed by atoms with Crippen molar-refractivity contribution in [3.63, 3.8) is 0 Å². The number of carbonyl (C=O) groups excluding carboxylic acids is 1. The first-order valence-corrected chi connectivity index (χ1v) is 6.69. The number of hydrogen-bond acceptors (Lipinski definition) is 2. The molecule has 0 heterocycles. The van der Waals surface area contributed by atoms with Crippen LogP contribution >= 0.6 is 0 Å². The van der Waals surface area contributed by atoms with Gasteiger partial charge in [-0.1, -0.05) is 59.7 Å². The van der Waals surface area contributed by atoms with Gasteiger partial charge in [0, 0.05) is 5.69 Å². The van der Waals surface area contributed by atoms with Crippen LogP contribution in [0.15, 0.2) is 24.3 Å². The van der Waals surface area contributed by atoms with E-state index in [1.165, 1.54) is 0 Å². The Morgan fingerprint density at radius 3 is 2.11 bits per heavy atom. The van der Waals surface area contributed by atoms with E-state index in [0.717, 1.165) is 11.3 Å². The standard InChI is InChI=1S/C16H26N2O/c1-15(2,3)11-9-7-8-10-12(11)18-14(19)13(17)16(4,5)6/h7-10,13H,17H2,1-6H3,(H,18,19)/t13-/m1/s1. The van der Waals surface area contributed by atoms with Gasteiger partial charge in [-0.25, -0.2) is 0 Å². The third kappa shape index (κ3) is 4.06. The van der Waals surface area contributed by atoms with Crippen LogP contribution in [-0.4, -0.2) is 11.9 Å². The number of amides is 1. The van der Waals surface area contributed by atoms with Crippen LogP contribution in [0.3, 0.4) is 0 Å². The molecular weight excluding hydrogens is 236 g/mol. The van der Waals surface area contributed by atoms with Gasteiger partial charge in [0.05, 0.1) is 6.04 Å². The second-order valence-electron chi connectivity index (χ2n) is 7.13. The van der Waals surface area contributed by atoms with E-state index in [0.29, 0.717) is 0 Å². The minimum atomic E-state index is -0.527. The first kappa shape index (κ1) is 15.7. The summed E-state index contributed by atoms with van der Waals surface area (Å²) < 4.78 is 0. The third-order valence-electron chi connectivity index (χ3n) is 3.21. The largest absolute Gasteiger partial charge is 0.324 e. The summed E-state index contributed by atoms with van der Waals surface area (Å²) in [7, 11) is 0. The average molecular weight is 262 g/mol. The molecule has 0 aliphatic heterocycles. The highest BCUT2D eigenvalue weighted by Crippen LogP contribution is 2.29. The smallest absolute Gasteiger partial charge is 0.241 e. The Balaban J connectivity index is 2.99. The molecule has 106 valence electrons. The minimum absolute atomic E-state index is 0.0182. The first-order valence-electron chi connectivity index (χ1n) is 6.69. The molecule has 3 N–H and O–H groups in total. The zero-order valence-corrected chi connectivity index (χ0v) is 12.9. The summed E-state index contributed by atoms with van der Waals surface area (Å²) in [5.74, 6) is -0.135. The Labute approximate surface area is 116 Å². The summed E-state index contributed by atoms with van der Waals surface area (Å²) in [6, 6.07) is 7.35. The van der Waals surface area contributed by atoms with E-state index in [-0.39, 0.29) is 16.7 Å². The SMILES string of the molecule is CC(C)(C)c1ccccc1NC(=O)[C@@H](N)C(C)(C)C. The van der Waals surface area contributed by atoms with Gasteiger partial charge in [-0.3, -0.25) is 4.79 Å². The van der Waals surface area contributed by atoms with Crippen LogP contribution in [0.25, 0.3) is 0 Å². The highest BCUT2D eigenvalue weighted by Gasteiger charge is 2.28. The fraction of sp³-hybridized carbons (Fsp3) is 0.562. The molecule has 0 fully saturated rings. The van der Waals surface area contributed by atoms with Crippen molar-refractivity contribution in [3.8, 4) is 0 Å². The van der Waals surface area contributed by atoms with E-state index in [9.17, 15) is 4.79 Å². The van der Waals surface area contributed by atoms with Crippen LogP contribution in [0.5, 0.6) is 0 Å². The Hall–Kier alpha value is -1.35. The molecule has 0 aliphatic rings. The van der Waals surface area contributed by atoms with Crippen LogP contribution < -0.4 is 11.1 Å². The molecule has 0 bridgehead atoms. The number of nitrogens with two attached hydrogens (primary N) is 1. The molecule has 3 heteroatoms. The fourth-order valence-corrected chi connectivity index (χ4v) is 1.85. The van der Waals surface area contributed by atoms with Gasteiger partial charge in [-0.2, -0.15) is 0 Å². The van der Waals surface area contributed by atoms with Crippen molar-refractivity contribution in [2.45, 2.75) is 53.0 Å². The lowest BCUT2D eigenvalue weighted by atomic mass is 9.85.